The van der Waals surface area contributed by atoms with Crippen molar-refractivity contribution in [2.24, 2.45) is 0 Å². The molecule has 0 bridgehead atoms. The van der Waals surface area contributed by atoms with Crippen LogP contribution in [0.25, 0.3) is 0 Å². The summed E-state index contributed by atoms with van der Waals surface area (Å²) in [6, 6.07) is 11.2. The molecule has 1 saturated carbocycles. The number of benzene rings is 1. The van der Waals surface area contributed by atoms with Crippen molar-refractivity contribution in [3.8, 4) is 5.75 Å². The first kappa shape index (κ1) is 13.6. The third-order valence-electron chi connectivity index (χ3n) is 4.10. The molecule has 1 aliphatic carbocycles. The standard InChI is InChI=1S/C15H24O2Si/c1-3-18(16-2,15-12-8-5-9-13-15)17-14-10-6-4-7-11-14/h4,6-7,10-11,15H,3,5,8-9,12-13H2,1-2H3. The molecule has 18 heavy (non-hydrogen) atoms. The van der Waals surface area contributed by atoms with Crippen LogP contribution in [0, 0.1) is 0 Å². The lowest BCUT2D eigenvalue weighted by atomic mass is 10.0. The van der Waals surface area contributed by atoms with Crippen molar-refractivity contribution in [3.05, 3.63) is 30.3 Å². The van der Waals surface area contributed by atoms with E-state index in [1.807, 2.05) is 37.4 Å². The third-order valence-corrected chi connectivity index (χ3v) is 8.18. The summed E-state index contributed by atoms with van der Waals surface area (Å²) in [5.41, 5.74) is 0.654. The summed E-state index contributed by atoms with van der Waals surface area (Å²) >= 11 is 0. The van der Waals surface area contributed by atoms with E-state index >= 15 is 0 Å². The van der Waals surface area contributed by atoms with Crippen molar-refractivity contribution in [1.82, 2.24) is 0 Å². The first-order valence-corrected chi connectivity index (χ1v) is 9.20. The van der Waals surface area contributed by atoms with Crippen molar-refractivity contribution in [3.63, 3.8) is 0 Å². The van der Waals surface area contributed by atoms with Gasteiger partial charge in [-0.1, -0.05) is 44.4 Å². The molecule has 0 saturated heterocycles. The monoisotopic (exact) mass is 264 g/mol. The van der Waals surface area contributed by atoms with Crippen LogP contribution in [0.2, 0.25) is 11.6 Å². The van der Waals surface area contributed by atoms with Crippen LogP contribution in [0.15, 0.2) is 30.3 Å². The van der Waals surface area contributed by atoms with E-state index in [1.54, 1.807) is 0 Å². The molecule has 3 heteroatoms. The van der Waals surface area contributed by atoms with Gasteiger partial charge in [0.2, 0.25) is 0 Å². The van der Waals surface area contributed by atoms with E-state index in [1.165, 1.54) is 32.1 Å². The first-order chi connectivity index (χ1) is 8.80. The lowest BCUT2D eigenvalue weighted by Crippen LogP contribution is -2.49. The lowest BCUT2D eigenvalue weighted by molar-refractivity contribution is 0.266. The highest BCUT2D eigenvalue weighted by Crippen LogP contribution is 2.40. The highest BCUT2D eigenvalue weighted by molar-refractivity contribution is 6.69. The Bertz CT molecular complexity index is 343. The zero-order chi connectivity index (χ0) is 12.8. The molecule has 1 aliphatic rings. The van der Waals surface area contributed by atoms with Gasteiger partial charge >= 0.3 is 8.56 Å². The minimum absolute atomic E-state index is 0.654. The van der Waals surface area contributed by atoms with E-state index < -0.39 is 8.56 Å². The molecule has 0 aromatic heterocycles. The number of rotatable bonds is 5. The van der Waals surface area contributed by atoms with Crippen molar-refractivity contribution >= 4 is 8.56 Å². The molecule has 1 atom stereocenters. The van der Waals surface area contributed by atoms with E-state index in [-0.39, 0.29) is 0 Å². The number of hydrogen-bond acceptors (Lipinski definition) is 2. The van der Waals surface area contributed by atoms with Gasteiger partial charge in [-0.3, -0.25) is 0 Å². The van der Waals surface area contributed by atoms with Crippen molar-refractivity contribution in [2.45, 2.75) is 50.6 Å². The molecule has 1 aromatic rings. The highest BCUT2D eigenvalue weighted by atomic mass is 28.4. The third kappa shape index (κ3) is 2.95. The molecule has 100 valence electrons. The van der Waals surface area contributed by atoms with Crippen LogP contribution >= 0.6 is 0 Å². The predicted molar refractivity (Wildman–Crippen MR) is 77.1 cm³/mol. The second kappa shape index (κ2) is 6.39. The molecule has 0 spiro atoms. The van der Waals surface area contributed by atoms with Gasteiger partial charge in [-0.15, -0.1) is 0 Å². The Labute approximate surface area is 112 Å². The summed E-state index contributed by atoms with van der Waals surface area (Å²) < 4.78 is 12.3. The molecule has 0 N–H and O–H groups in total. The Morgan fingerprint density at radius 1 is 1.11 bits per heavy atom. The van der Waals surface area contributed by atoms with Gasteiger partial charge in [0, 0.05) is 12.7 Å². The average molecular weight is 264 g/mol. The minimum atomic E-state index is -2.08. The maximum Gasteiger partial charge on any atom is 0.401 e. The van der Waals surface area contributed by atoms with Crippen molar-refractivity contribution in [1.29, 1.82) is 0 Å². The second-order valence-corrected chi connectivity index (χ2v) is 8.88. The fraction of sp³-hybridized carbons (Fsp3) is 0.600. The van der Waals surface area contributed by atoms with E-state index in [4.69, 9.17) is 8.85 Å². The largest absolute Gasteiger partial charge is 0.520 e. The van der Waals surface area contributed by atoms with Gasteiger partial charge in [-0.25, -0.2) is 0 Å². The van der Waals surface area contributed by atoms with E-state index in [2.05, 4.69) is 6.92 Å². The van der Waals surface area contributed by atoms with Crippen molar-refractivity contribution < 1.29 is 8.85 Å². The van der Waals surface area contributed by atoms with Crippen LogP contribution in [-0.4, -0.2) is 15.7 Å². The molecule has 0 amide bonds. The predicted octanol–water partition coefficient (Wildman–Crippen LogP) is 4.51. The molecule has 2 rings (SSSR count). The van der Waals surface area contributed by atoms with E-state index in [9.17, 15) is 0 Å². The molecule has 1 fully saturated rings. The summed E-state index contributed by atoms with van der Waals surface area (Å²) in [5.74, 6) is 0.971. The Kier molecular flexibility index (Phi) is 4.84. The minimum Gasteiger partial charge on any atom is -0.520 e. The highest BCUT2D eigenvalue weighted by Gasteiger charge is 2.45. The molecule has 0 radical (unpaired) electrons. The molecular weight excluding hydrogens is 240 g/mol. The summed E-state index contributed by atoms with van der Waals surface area (Å²) in [5, 5.41) is 0. The van der Waals surface area contributed by atoms with Gasteiger partial charge in [-0.2, -0.15) is 0 Å². The molecule has 0 heterocycles. The Morgan fingerprint density at radius 3 is 2.33 bits per heavy atom. The van der Waals surface area contributed by atoms with Crippen LogP contribution in [0.3, 0.4) is 0 Å². The van der Waals surface area contributed by atoms with Crippen LogP contribution < -0.4 is 4.43 Å². The van der Waals surface area contributed by atoms with E-state index in [0.29, 0.717) is 5.54 Å². The topological polar surface area (TPSA) is 18.5 Å². The number of para-hydroxylation sites is 1. The zero-order valence-electron chi connectivity index (χ0n) is 11.5. The van der Waals surface area contributed by atoms with Gasteiger partial charge in [-0.05, 0) is 31.0 Å². The summed E-state index contributed by atoms with van der Waals surface area (Å²) in [6.07, 6.45) is 6.60. The molecule has 1 aromatic carbocycles. The van der Waals surface area contributed by atoms with E-state index in [0.717, 1.165) is 11.8 Å². The van der Waals surface area contributed by atoms with Gasteiger partial charge in [0.1, 0.15) is 5.75 Å². The first-order valence-electron chi connectivity index (χ1n) is 7.10. The average Bonchev–Trinajstić information content (AvgIpc) is 2.47. The summed E-state index contributed by atoms with van der Waals surface area (Å²) in [6.45, 7) is 2.22. The molecule has 0 aliphatic heterocycles. The van der Waals surface area contributed by atoms with Gasteiger partial charge in [0.15, 0.2) is 0 Å². The molecule has 1 unspecified atom stereocenters. The Balaban J connectivity index is 2.14. The lowest BCUT2D eigenvalue weighted by Gasteiger charge is -2.37. The van der Waals surface area contributed by atoms with Crippen LogP contribution in [0.4, 0.5) is 0 Å². The molecular formula is C15H24O2Si. The van der Waals surface area contributed by atoms with Gasteiger partial charge in [0.05, 0.1) is 0 Å². The maximum atomic E-state index is 6.36. The Hall–Kier alpha value is -0.803. The fourth-order valence-corrected chi connectivity index (χ4v) is 6.44. The van der Waals surface area contributed by atoms with Crippen LogP contribution in [0.5, 0.6) is 5.75 Å². The normalized spacial score (nSPS) is 20.3. The smallest absolute Gasteiger partial charge is 0.401 e. The van der Waals surface area contributed by atoms with Gasteiger partial charge in [0.25, 0.3) is 0 Å². The summed E-state index contributed by atoms with van der Waals surface area (Å²) in [7, 11) is -0.243. The quantitative estimate of drug-likeness (QED) is 0.729. The number of hydrogen-bond donors (Lipinski definition) is 0. The summed E-state index contributed by atoms with van der Waals surface area (Å²) in [4.78, 5) is 0. The Morgan fingerprint density at radius 2 is 1.78 bits per heavy atom. The van der Waals surface area contributed by atoms with Crippen LogP contribution in [0.1, 0.15) is 39.0 Å². The van der Waals surface area contributed by atoms with Crippen LogP contribution in [-0.2, 0) is 4.43 Å². The van der Waals surface area contributed by atoms with Gasteiger partial charge < -0.3 is 8.85 Å². The fourth-order valence-electron chi connectivity index (χ4n) is 3.03. The second-order valence-electron chi connectivity index (χ2n) is 5.12. The SMILES string of the molecule is CC[Si](OC)(Oc1ccccc1)C1CCCCC1. The van der Waals surface area contributed by atoms with Crippen molar-refractivity contribution in [2.75, 3.05) is 7.11 Å². The zero-order valence-corrected chi connectivity index (χ0v) is 12.5. The maximum absolute atomic E-state index is 6.36. The molecule has 2 nitrogen and oxygen atoms in total.